The number of carbonyl (C=O) groups is 1. The summed E-state index contributed by atoms with van der Waals surface area (Å²) in [5, 5.41) is 2.71. The number of carbonyl (C=O) groups excluding carboxylic acids is 1. The summed E-state index contributed by atoms with van der Waals surface area (Å²) in [4.78, 5) is 11.6. The van der Waals surface area contributed by atoms with Crippen LogP contribution >= 0.6 is 0 Å². The maximum Gasteiger partial charge on any atom is 0.223 e. The number of hydrogen-bond acceptors (Lipinski definition) is 3. The lowest BCUT2D eigenvalue weighted by atomic mass is 10.3. The highest BCUT2D eigenvalue weighted by Crippen LogP contribution is 2.35. The Balaban J connectivity index is 1.72. The lowest BCUT2D eigenvalue weighted by Gasteiger charge is -2.13. The van der Waals surface area contributed by atoms with Crippen LogP contribution in [0.2, 0.25) is 0 Å². The van der Waals surface area contributed by atoms with Gasteiger partial charge >= 0.3 is 0 Å². The van der Waals surface area contributed by atoms with Crippen molar-refractivity contribution in [3.63, 3.8) is 0 Å². The summed E-state index contributed by atoms with van der Waals surface area (Å²) >= 11 is 0. The smallest absolute Gasteiger partial charge is 0.223 e. The van der Waals surface area contributed by atoms with E-state index in [2.05, 4.69) is 5.32 Å². The molecule has 1 saturated carbocycles. The van der Waals surface area contributed by atoms with Gasteiger partial charge in [0.05, 0.1) is 25.7 Å². The van der Waals surface area contributed by atoms with E-state index in [1.807, 2.05) is 12.1 Å². The molecule has 1 fully saturated rings. The molecule has 1 amide bonds. The molecule has 1 aromatic carbocycles. The predicted molar refractivity (Wildman–Crippen MR) is 69.2 cm³/mol. The topological polar surface area (TPSA) is 47.6 Å². The molecule has 1 aliphatic rings. The third-order valence-electron chi connectivity index (χ3n) is 3.15. The summed E-state index contributed by atoms with van der Waals surface area (Å²) in [5.74, 6) is 1.19. The Bertz CT molecular complexity index is 446. The third-order valence-corrected chi connectivity index (χ3v) is 3.15. The Kier molecular flexibility index (Phi) is 4.24. The molecule has 0 spiro atoms. The van der Waals surface area contributed by atoms with E-state index in [-0.39, 0.29) is 18.9 Å². The highest BCUT2D eigenvalue weighted by atomic mass is 19.1. The lowest BCUT2D eigenvalue weighted by Crippen LogP contribution is -2.39. The molecule has 5 heteroatoms. The van der Waals surface area contributed by atoms with Crippen molar-refractivity contribution >= 4 is 5.91 Å². The lowest BCUT2D eigenvalue weighted by molar-refractivity contribution is -0.122. The molecule has 4 nitrogen and oxygen atoms in total. The summed E-state index contributed by atoms with van der Waals surface area (Å²) in [6.45, 7) is -0.225. The van der Waals surface area contributed by atoms with Crippen molar-refractivity contribution in [2.75, 3.05) is 20.4 Å². The normalized spacial score (nSPS) is 15.7. The molecule has 0 radical (unpaired) electrons. The number of amides is 1. The van der Waals surface area contributed by atoms with Gasteiger partial charge in [0.15, 0.2) is 0 Å². The third kappa shape index (κ3) is 3.84. The Labute approximate surface area is 111 Å². The largest absolute Gasteiger partial charge is 0.497 e. The fourth-order valence-corrected chi connectivity index (χ4v) is 1.75. The van der Waals surface area contributed by atoms with Crippen LogP contribution in [0.5, 0.6) is 11.5 Å². The summed E-state index contributed by atoms with van der Waals surface area (Å²) < 4.78 is 23.1. The number of rotatable bonds is 7. The number of alkyl halides is 1. The standard InChI is InChI=1S/C14H18FNO3/c1-18-11-3-2-4-12(9-11)19-8-5-13(17)16-14(10-15)6-7-14/h2-4,9H,5-8,10H2,1H3,(H,16,17). The second-order valence-electron chi connectivity index (χ2n) is 4.74. The minimum Gasteiger partial charge on any atom is -0.497 e. The molecule has 19 heavy (non-hydrogen) atoms. The fraction of sp³-hybridized carbons (Fsp3) is 0.500. The molecular formula is C14H18FNO3. The van der Waals surface area contributed by atoms with Gasteiger partial charge in [-0.1, -0.05) is 6.07 Å². The molecular weight excluding hydrogens is 249 g/mol. The number of ether oxygens (including phenoxy) is 2. The van der Waals surface area contributed by atoms with Gasteiger partial charge in [0.1, 0.15) is 18.2 Å². The van der Waals surface area contributed by atoms with E-state index in [1.165, 1.54) is 0 Å². The maximum absolute atomic E-state index is 12.6. The van der Waals surface area contributed by atoms with E-state index in [0.717, 1.165) is 12.8 Å². The van der Waals surface area contributed by atoms with Crippen LogP contribution in [-0.4, -0.2) is 31.8 Å². The van der Waals surface area contributed by atoms with Gasteiger partial charge in [0, 0.05) is 6.07 Å². The molecule has 1 aliphatic carbocycles. The van der Waals surface area contributed by atoms with Gasteiger partial charge in [0.25, 0.3) is 0 Å². The van der Waals surface area contributed by atoms with Gasteiger partial charge in [-0.3, -0.25) is 4.79 Å². The molecule has 2 rings (SSSR count). The fourth-order valence-electron chi connectivity index (χ4n) is 1.75. The van der Waals surface area contributed by atoms with Gasteiger partial charge < -0.3 is 14.8 Å². The SMILES string of the molecule is COc1cccc(OCCC(=O)NC2(CF)CC2)c1. The molecule has 1 N–H and O–H groups in total. The van der Waals surface area contributed by atoms with Crippen LogP contribution in [0.1, 0.15) is 19.3 Å². The van der Waals surface area contributed by atoms with Gasteiger partial charge in [-0.15, -0.1) is 0 Å². The van der Waals surface area contributed by atoms with Crippen LogP contribution in [0.15, 0.2) is 24.3 Å². The van der Waals surface area contributed by atoms with Gasteiger partial charge in [-0.2, -0.15) is 0 Å². The van der Waals surface area contributed by atoms with Crippen molar-refractivity contribution in [3.05, 3.63) is 24.3 Å². The van der Waals surface area contributed by atoms with Crippen LogP contribution < -0.4 is 14.8 Å². The second-order valence-corrected chi connectivity index (χ2v) is 4.74. The highest BCUT2D eigenvalue weighted by Gasteiger charge is 2.44. The highest BCUT2D eigenvalue weighted by molar-refractivity contribution is 5.77. The molecule has 104 valence electrons. The van der Waals surface area contributed by atoms with Crippen molar-refractivity contribution in [1.29, 1.82) is 0 Å². The van der Waals surface area contributed by atoms with Crippen molar-refractivity contribution in [2.24, 2.45) is 0 Å². The first-order valence-electron chi connectivity index (χ1n) is 6.31. The minimum absolute atomic E-state index is 0.168. The Morgan fingerprint density at radius 2 is 2.16 bits per heavy atom. The average Bonchev–Trinajstić information content (AvgIpc) is 3.19. The van der Waals surface area contributed by atoms with Crippen molar-refractivity contribution in [3.8, 4) is 11.5 Å². The number of methoxy groups -OCH3 is 1. The molecule has 0 atom stereocenters. The average molecular weight is 267 g/mol. The molecule has 0 aliphatic heterocycles. The van der Waals surface area contributed by atoms with E-state index in [1.54, 1.807) is 19.2 Å². The Hall–Kier alpha value is -1.78. The van der Waals surface area contributed by atoms with Crippen LogP contribution in [0.25, 0.3) is 0 Å². The van der Waals surface area contributed by atoms with Crippen molar-refractivity contribution in [2.45, 2.75) is 24.8 Å². The molecule has 0 aromatic heterocycles. The zero-order chi connectivity index (χ0) is 13.7. The zero-order valence-electron chi connectivity index (χ0n) is 10.9. The second kappa shape index (κ2) is 5.91. The number of nitrogens with one attached hydrogen (secondary N) is 1. The number of benzene rings is 1. The Morgan fingerprint density at radius 1 is 1.42 bits per heavy atom. The maximum atomic E-state index is 12.6. The summed E-state index contributed by atoms with van der Waals surface area (Å²) in [7, 11) is 1.58. The number of hydrogen-bond donors (Lipinski definition) is 1. The summed E-state index contributed by atoms with van der Waals surface area (Å²) in [6.07, 6.45) is 1.68. The predicted octanol–water partition coefficient (Wildman–Crippen LogP) is 2.08. The molecule has 0 heterocycles. The van der Waals surface area contributed by atoms with Gasteiger partial charge in [-0.05, 0) is 25.0 Å². The molecule has 1 aromatic rings. The van der Waals surface area contributed by atoms with Crippen LogP contribution in [0, 0.1) is 0 Å². The molecule has 0 saturated heterocycles. The Morgan fingerprint density at radius 3 is 2.79 bits per heavy atom. The van der Waals surface area contributed by atoms with Gasteiger partial charge in [0.2, 0.25) is 5.91 Å². The minimum atomic E-state index is -0.576. The van der Waals surface area contributed by atoms with Gasteiger partial charge in [-0.25, -0.2) is 4.39 Å². The zero-order valence-corrected chi connectivity index (χ0v) is 10.9. The first-order valence-corrected chi connectivity index (χ1v) is 6.31. The first kappa shape index (κ1) is 13.6. The van der Waals surface area contributed by atoms with E-state index >= 15 is 0 Å². The van der Waals surface area contributed by atoms with Crippen molar-refractivity contribution in [1.82, 2.24) is 5.32 Å². The molecule has 0 unspecified atom stereocenters. The molecule has 0 bridgehead atoms. The van der Waals surface area contributed by atoms with Crippen LogP contribution in [0.4, 0.5) is 4.39 Å². The van der Waals surface area contributed by atoms with Crippen molar-refractivity contribution < 1.29 is 18.7 Å². The monoisotopic (exact) mass is 267 g/mol. The summed E-state index contributed by atoms with van der Waals surface area (Å²) in [5.41, 5.74) is -0.576. The first-order chi connectivity index (χ1) is 9.17. The van der Waals surface area contributed by atoms with E-state index in [9.17, 15) is 9.18 Å². The van der Waals surface area contributed by atoms with Crippen LogP contribution in [-0.2, 0) is 4.79 Å². The van der Waals surface area contributed by atoms with E-state index in [0.29, 0.717) is 11.5 Å². The summed E-state index contributed by atoms with van der Waals surface area (Å²) in [6, 6.07) is 7.18. The van der Waals surface area contributed by atoms with E-state index in [4.69, 9.17) is 9.47 Å². The van der Waals surface area contributed by atoms with E-state index < -0.39 is 12.2 Å². The number of halogens is 1. The van der Waals surface area contributed by atoms with Crippen LogP contribution in [0.3, 0.4) is 0 Å². The quantitative estimate of drug-likeness (QED) is 0.822.